The number of hydrogen-bond donors (Lipinski definition) is 1. The van der Waals surface area contributed by atoms with E-state index in [1.165, 1.54) is 0 Å². The van der Waals surface area contributed by atoms with E-state index in [0.29, 0.717) is 11.8 Å². The second-order valence-electron chi connectivity index (χ2n) is 7.21. The van der Waals surface area contributed by atoms with Crippen LogP contribution >= 0.6 is 11.3 Å². The third-order valence-corrected chi connectivity index (χ3v) is 5.97. The molecule has 0 bridgehead atoms. The number of hydrogen-bond acceptors (Lipinski definition) is 8. The van der Waals surface area contributed by atoms with Crippen molar-refractivity contribution in [1.29, 1.82) is 0 Å². The fourth-order valence-corrected chi connectivity index (χ4v) is 3.88. The summed E-state index contributed by atoms with van der Waals surface area (Å²) in [5, 5.41) is 13.2. The third-order valence-electron chi connectivity index (χ3n) is 5.11. The number of anilines is 2. The first-order chi connectivity index (χ1) is 14.6. The standard InChI is InChI=1S/C21H25N5O3S/c1-15(20-23-24-21(29-20)18-4-3-13-30-18)25(2)14-19(27)22-16-5-7-17(8-6-16)26-9-11-28-12-10-26/h3-8,13,15H,9-12,14H2,1-2H3,(H,22,27)/t15-/m0/s1. The van der Waals surface area contributed by atoms with Gasteiger partial charge in [-0.2, -0.15) is 0 Å². The van der Waals surface area contributed by atoms with Crippen LogP contribution in [0.5, 0.6) is 0 Å². The molecule has 1 fully saturated rings. The van der Waals surface area contributed by atoms with Crippen molar-refractivity contribution in [3.05, 3.63) is 47.7 Å². The lowest BCUT2D eigenvalue weighted by Gasteiger charge is -2.29. The maximum Gasteiger partial charge on any atom is 0.257 e. The van der Waals surface area contributed by atoms with Crippen LogP contribution in [0.15, 0.2) is 46.2 Å². The van der Waals surface area contributed by atoms with E-state index >= 15 is 0 Å². The topological polar surface area (TPSA) is 83.7 Å². The summed E-state index contributed by atoms with van der Waals surface area (Å²) < 4.78 is 11.2. The molecule has 0 spiro atoms. The Labute approximate surface area is 179 Å². The van der Waals surface area contributed by atoms with Crippen molar-refractivity contribution in [2.75, 3.05) is 50.1 Å². The monoisotopic (exact) mass is 427 g/mol. The molecule has 2 aromatic heterocycles. The molecule has 4 rings (SSSR count). The number of nitrogens with one attached hydrogen (secondary N) is 1. The van der Waals surface area contributed by atoms with Crippen molar-refractivity contribution < 1.29 is 13.9 Å². The van der Waals surface area contributed by atoms with Gasteiger partial charge in [-0.1, -0.05) is 6.07 Å². The highest BCUT2D eigenvalue weighted by Gasteiger charge is 2.21. The molecular weight excluding hydrogens is 402 g/mol. The molecule has 1 aliphatic rings. The van der Waals surface area contributed by atoms with Crippen LogP contribution in [0, 0.1) is 0 Å². The fourth-order valence-electron chi connectivity index (χ4n) is 3.23. The predicted molar refractivity (Wildman–Crippen MR) is 117 cm³/mol. The minimum atomic E-state index is -0.180. The van der Waals surface area contributed by atoms with Crippen molar-refractivity contribution in [1.82, 2.24) is 15.1 Å². The Morgan fingerprint density at radius 2 is 2.00 bits per heavy atom. The highest BCUT2D eigenvalue weighted by atomic mass is 32.1. The fraction of sp³-hybridized carbons (Fsp3) is 0.381. The summed E-state index contributed by atoms with van der Waals surface area (Å²) in [7, 11) is 1.86. The predicted octanol–water partition coefficient (Wildman–Crippen LogP) is 3.27. The SMILES string of the molecule is C[C@@H](c1nnc(-c2cccs2)o1)N(C)CC(=O)Nc1ccc(N2CCOCC2)cc1. The molecule has 1 aromatic carbocycles. The summed E-state index contributed by atoms with van der Waals surface area (Å²) in [5.74, 6) is 0.898. The van der Waals surface area contributed by atoms with E-state index in [4.69, 9.17) is 9.15 Å². The molecule has 3 aromatic rings. The Morgan fingerprint density at radius 1 is 1.23 bits per heavy atom. The average Bonchev–Trinajstić information content (AvgIpc) is 3.46. The molecule has 0 aliphatic carbocycles. The van der Waals surface area contributed by atoms with Gasteiger partial charge < -0.3 is 19.4 Å². The summed E-state index contributed by atoms with van der Waals surface area (Å²) in [6, 6.07) is 11.6. The van der Waals surface area contributed by atoms with E-state index in [1.807, 2.05) is 60.6 Å². The molecule has 1 atom stereocenters. The molecule has 1 amide bonds. The molecule has 158 valence electrons. The van der Waals surface area contributed by atoms with E-state index < -0.39 is 0 Å². The largest absolute Gasteiger partial charge is 0.418 e. The van der Waals surface area contributed by atoms with Crippen molar-refractivity contribution in [2.45, 2.75) is 13.0 Å². The summed E-state index contributed by atoms with van der Waals surface area (Å²) in [5.41, 5.74) is 1.91. The second kappa shape index (κ2) is 9.38. The first-order valence-electron chi connectivity index (χ1n) is 9.90. The zero-order valence-corrected chi connectivity index (χ0v) is 17.9. The smallest absolute Gasteiger partial charge is 0.257 e. The minimum Gasteiger partial charge on any atom is -0.418 e. The number of benzene rings is 1. The van der Waals surface area contributed by atoms with E-state index in [9.17, 15) is 4.79 Å². The Morgan fingerprint density at radius 3 is 2.70 bits per heavy atom. The maximum absolute atomic E-state index is 12.5. The number of carbonyl (C=O) groups excluding carboxylic acids is 1. The Balaban J connectivity index is 1.31. The number of thiophene rings is 1. The van der Waals surface area contributed by atoms with Crippen LogP contribution in [0.1, 0.15) is 18.9 Å². The lowest BCUT2D eigenvalue weighted by molar-refractivity contribution is -0.117. The molecule has 0 radical (unpaired) electrons. The van der Waals surface area contributed by atoms with E-state index in [2.05, 4.69) is 20.4 Å². The van der Waals surface area contributed by atoms with Gasteiger partial charge in [0.15, 0.2) is 0 Å². The summed E-state index contributed by atoms with van der Waals surface area (Å²) in [6.07, 6.45) is 0. The number of morpholine rings is 1. The van der Waals surface area contributed by atoms with Crippen LogP contribution in [-0.2, 0) is 9.53 Å². The lowest BCUT2D eigenvalue weighted by Crippen LogP contribution is -2.36. The van der Waals surface area contributed by atoms with Crippen molar-refractivity contribution >= 4 is 28.6 Å². The Hall–Kier alpha value is -2.75. The van der Waals surface area contributed by atoms with Gasteiger partial charge in [0.2, 0.25) is 11.8 Å². The average molecular weight is 428 g/mol. The normalized spacial score (nSPS) is 15.4. The molecule has 1 aliphatic heterocycles. The molecule has 0 saturated carbocycles. The van der Waals surface area contributed by atoms with E-state index in [0.717, 1.165) is 42.6 Å². The zero-order valence-electron chi connectivity index (χ0n) is 17.1. The number of carbonyl (C=O) groups is 1. The number of aromatic nitrogens is 2. The zero-order chi connectivity index (χ0) is 20.9. The van der Waals surface area contributed by atoms with Gasteiger partial charge in [-0.3, -0.25) is 9.69 Å². The van der Waals surface area contributed by atoms with Gasteiger partial charge in [0.05, 0.1) is 30.7 Å². The molecule has 9 heteroatoms. The Kier molecular flexibility index (Phi) is 6.41. The first-order valence-corrected chi connectivity index (χ1v) is 10.8. The van der Waals surface area contributed by atoms with Gasteiger partial charge in [-0.05, 0) is 49.7 Å². The maximum atomic E-state index is 12.5. The molecule has 0 unspecified atom stereocenters. The summed E-state index contributed by atoms with van der Waals surface area (Å²) >= 11 is 1.55. The number of ether oxygens (including phenoxy) is 1. The van der Waals surface area contributed by atoms with Crippen molar-refractivity contribution in [2.24, 2.45) is 0 Å². The van der Waals surface area contributed by atoms with Crippen LogP contribution in [0.2, 0.25) is 0 Å². The molecule has 1 saturated heterocycles. The number of likely N-dealkylation sites (N-methyl/N-ethyl adjacent to an activating group) is 1. The van der Waals surface area contributed by atoms with Gasteiger partial charge in [0, 0.05) is 24.5 Å². The van der Waals surface area contributed by atoms with Gasteiger partial charge in [0.1, 0.15) is 0 Å². The van der Waals surface area contributed by atoms with E-state index in [-0.39, 0.29) is 18.5 Å². The highest BCUT2D eigenvalue weighted by Crippen LogP contribution is 2.26. The van der Waals surface area contributed by atoms with Crippen molar-refractivity contribution in [3.8, 4) is 10.8 Å². The van der Waals surface area contributed by atoms with Crippen LogP contribution in [0.3, 0.4) is 0 Å². The van der Waals surface area contributed by atoms with E-state index in [1.54, 1.807) is 11.3 Å². The van der Waals surface area contributed by atoms with Crippen LogP contribution in [0.25, 0.3) is 10.8 Å². The molecular formula is C21H25N5O3S. The molecule has 1 N–H and O–H groups in total. The number of nitrogens with zero attached hydrogens (tertiary/aromatic N) is 4. The quantitative estimate of drug-likeness (QED) is 0.619. The van der Waals surface area contributed by atoms with Gasteiger partial charge in [-0.25, -0.2) is 0 Å². The van der Waals surface area contributed by atoms with Crippen molar-refractivity contribution in [3.63, 3.8) is 0 Å². The van der Waals surface area contributed by atoms with Gasteiger partial charge in [0.25, 0.3) is 5.89 Å². The highest BCUT2D eigenvalue weighted by molar-refractivity contribution is 7.13. The number of amides is 1. The Bertz CT molecular complexity index is 951. The molecule has 3 heterocycles. The molecule has 8 nitrogen and oxygen atoms in total. The minimum absolute atomic E-state index is 0.0959. The summed E-state index contributed by atoms with van der Waals surface area (Å²) in [6.45, 7) is 5.42. The first kappa shape index (κ1) is 20.5. The van der Waals surface area contributed by atoms with Crippen LogP contribution < -0.4 is 10.2 Å². The molecule has 30 heavy (non-hydrogen) atoms. The number of rotatable bonds is 7. The lowest BCUT2D eigenvalue weighted by atomic mass is 10.2. The third kappa shape index (κ3) is 4.86. The van der Waals surface area contributed by atoms with Crippen LogP contribution in [-0.4, -0.2) is 60.9 Å². The second-order valence-corrected chi connectivity index (χ2v) is 8.16. The van der Waals surface area contributed by atoms with Gasteiger partial charge in [-0.15, -0.1) is 21.5 Å². The van der Waals surface area contributed by atoms with Crippen LogP contribution in [0.4, 0.5) is 11.4 Å². The van der Waals surface area contributed by atoms with Gasteiger partial charge >= 0.3 is 0 Å². The summed E-state index contributed by atoms with van der Waals surface area (Å²) in [4.78, 5) is 17.6.